The molecule has 1 unspecified atom stereocenters. The molecule has 0 aromatic carbocycles. The second kappa shape index (κ2) is 15.3. The molecule has 0 aromatic rings. The van der Waals surface area contributed by atoms with Gasteiger partial charge >= 0.3 is 35.5 Å². The van der Waals surface area contributed by atoms with Crippen molar-refractivity contribution in [1.29, 1.82) is 0 Å². The van der Waals surface area contributed by atoms with E-state index in [2.05, 4.69) is 16.0 Å². The number of aliphatic carboxylic acids is 1. The van der Waals surface area contributed by atoms with Crippen molar-refractivity contribution in [3.05, 3.63) is 0 Å². The van der Waals surface area contributed by atoms with Gasteiger partial charge in [0.25, 0.3) is 0 Å². The first kappa shape index (κ1) is 33.1. The Bertz CT molecular complexity index is 771. The number of nitrogens with one attached hydrogen (secondary N) is 3. The van der Waals surface area contributed by atoms with Crippen LogP contribution in [0.1, 0.15) is 33.6 Å². The van der Waals surface area contributed by atoms with Crippen LogP contribution in [0.5, 0.6) is 0 Å². The van der Waals surface area contributed by atoms with Crippen LogP contribution in [0.4, 0.5) is 0 Å². The average molecular weight is 516 g/mol. The van der Waals surface area contributed by atoms with Gasteiger partial charge in [-0.05, 0) is 20.3 Å². The number of carbonyl (C=O) groups excluding carboxylic acids is 4. The number of aliphatic hydroxyl groups excluding tert-OH is 3. The predicted octanol–water partition coefficient (Wildman–Crippen LogP) is -4.97. The summed E-state index contributed by atoms with van der Waals surface area (Å²) in [4.78, 5) is 58.4. The number of carboxylic acids is 1. The quantitative estimate of drug-likeness (QED) is 0.114. The topological polar surface area (TPSA) is 247 Å². The Morgan fingerprint density at radius 3 is 2.17 bits per heavy atom. The Kier molecular flexibility index (Phi) is 14.5. The number of nitrogens with two attached hydrogens (primary N) is 1. The Balaban J connectivity index is 0.0000116. The molecule has 1 saturated heterocycles. The van der Waals surface area contributed by atoms with Gasteiger partial charge in [0.1, 0.15) is 42.5 Å². The summed E-state index contributed by atoms with van der Waals surface area (Å²) in [6, 6.07) is -3.71. The van der Waals surface area contributed by atoms with E-state index in [4.69, 9.17) is 20.3 Å². The molecule has 15 nitrogen and oxygen atoms in total. The predicted molar refractivity (Wildman–Crippen MR) is 119 cm³/mol. The normalized spacial score (nSPS) is 26.3. The van der Waals surface area contributed by atoms with Gasteiger partial charge in [0.15, 0.2) is 6.29 Å². The zero-order chi connectivity index (χ0) is 26.2. The van der Waals surface area contributed by atoms with Gasteiger partial charge in [-0.1, -0.05) is 0 Å². The van der Waals surface area contributed by atoms with Gasteiger partial charge in [0, 0.05) is 13.3 Å². The van der Waals surface area contributed by atoms with Crippen molar-refractivity contribution >= 4 is 59.2 Å². The molecule has 35 heavy (non-hydrogen) atoms. The van der Waals surface area contributed by atoms with E-state index in [0.717, 1.165) is 6.92 Å². The molecule has 0 radical (unpaired) electrons. The number of carboxylic acid groups (broad SMARTS) is 1. The Morgan fingerprint density at radius 1 is 1.09 bits per heavy atom. The summed E-state index contributed by atoms with van der Waals surface area (Å²) in [6.45, 7) is 3.06. The zero-order valence-electron chi connectivity index (χ0n) is 19.0. The molecule has 9 N–H and O–H groups in total. The standard InChI is InChI=1S/C19H32N4O11.Na.H/c1-7(17(30)23-10(16(20)29)4-5-12(26)27)21-18(31)8(2)33-15-13(22-9(3)25)19(32)34-11(6-24)14(15)28;;/h7-8,10-11,13-15,19,24,28,32H,4-6H2,1-3H3,(H2,20,29)(H,21,31)(H,22,25)(H,23,30)(H,26,27);;/t7-,8+,10+,11+,13+,14+,15+,19?;;/m0../s1. The van der Waals surface area contributed by atoms with Crippen molar-refractivity contribution in [3.8, 4) is 0 Å². The van der Waals surface area contributed by atoms with Gasteiger partial charge in [-0.15, -0.1) is 0 Å². The minimum absolute atomic E-state index is 0. The maximum absolute atomic E-state index is 12.5. The molecule has 1 fully saturated rings. The van der Waals surface area contributed by atoms with Crippen LogP contribution in [0, 0.1) is 0 Å². The van der Waals surface area contributed by atoms with Gasteiger partial charge in [0.2, 0.25) is 23.6 Å². The average Bonchev–Trinajstić information content (AvgIpc) is 2.74. The van der Waals surface area contributed by atoms with Crippen LogP contribution < -0.4 is 21.7 Å². The van der Waals surface area contributed by atoms with E-state index >= 15 is 0 Å². The van der Waals surface area contributed by atoms with Crippen LogP contribution in [-0.2, 0) is 33.4 Å². The molecule has 1 rings (SSSR count). The number of primary amides is 1. The molecular weight excluding hydrogens is 483 g/mol. The third-order valence-electron chi connectivity index (χ3n) is 5.03. The number of carbonyl (C=O) groups is 5. The van der Waals surface area contributed by atoms with Crippen LogP contribution in [-0.4, -0.2) is 135 Å². The summed E-state index contributed by atoms with van der Waals surface area (Å²) in [5.74, 6) is -4.34. The third kappa shape index (κ3) is 10.3. The molecule has 1 heterocycles. The SMILES string of the molecule is CC(=O)N[C@H]1C(O)O[C@H](CO)[C@@H](O)[C@@H]1O[C@H](C)C(=O)N[C@@H](C)C(=O)N[C@H](CCC(=O)O)C(N)=O.[NaH]. The van der Waals surface area contributed by atoms with Crippen molar-refractivity contribution in [2.75, 3.05) is 6.61 Å². The number of rotatable bonds is 12. The minimum atomic E-state index is -1.65. The first-order chi connectivity index (χ1) is 15.8. The van der Waals surface area contributed by atoms with Crippen LogP contribution in [0.2, 0.25) is 0 Å². The summed E-state index contributed by atoms with van der Waals surface area (Å²) >= 11 is 0. The van der Waals surface area contributed by atoms with Crippen molar-refractivity contribution in [3.63, 3.8) is 0 Å². The number of amides is 4. The van der Waals surface area contributed by atoms with E-state index in [1.165, 1.54) is 13.8 Å². The van der Waals surface area contributed by atoms with Crippen molar-refractivity contribution in [2.24, 2.45) is 5.73 Å². The second-order valence-electron chi connectivity index (χ2n) is 7.83. The van der Waals surface area contributed by atoms with Gasteiger partial charge in [-0.25, -0.2) is 0 Å². The first-order valence-corrected chi connectivity index (χ1v) is 10.4. The Morgan fingerprint density at radius 2 is 1.69 bits per heavy atom. The van der Waals surface area contributed by atoms with Crippen molar-refractivity contribution in [1.82, 2.24) is 16.0 Å². The molecule has 196 valence electrons. The summed E-state index contributed by atoms with van der Waals surface area (Å²) < 4.78 is 10.6. The van der Waals surface area contributed by atoms with Crippen LogP contribution in [0.15, 0.2) is 0 Å². The van der Waals surface area contributed by atoms with E-state index in [1.54, 1.807) is 0 Å². The summed E-state index contributed by atoms with van der Waals surface area (Å²) in [5, 5.41) is 45.5. The molecule has 4 amide bonds. The number of ether oxygens (including phenoxy) is 2. The zero-order valence-corrected chi connectivity index (χ0v) is 19.0. The maximum atomic E-state index is 12.5. The molecule has 0 aromatic heterocycles. The summed E-state index contributed by atoms with van der Waals surface area (Å²) in [7, 11) is 0. The fraction of sp³-hybridized carbons (Fsp3) is 0.737. The number of hydrogen-bond donors (Lipinski definition) is 8. The van der Waals surface area contributed by atoms with Crippen LogP contribution in [0.25, 0.3) is 0 Å². The molecular formula is C19H33N4NaO11. The monoisotopic (exact) mass is 516 g/mol. The molecule has 8 atom stereocenters. The first-order valence-electron chi connectivity index (χ1n) is 10.4. The van der Waals surface area contributed by atoms with Crippen molar-refractivity contribution < 1.29 is 53.9 Å². The number of aliphatic hydroxyl groups is 3. The van der Waals surface area contributed by atoms with Gasteiger partial charge < -0.3 is 51.6 Å². The summed E-state index contributed by atoms with van der Waals surface area (Å²) in [6.07, 6.45) is -7.74. The fourth-order valence-corrected chi connectivity index (χ4v) is 3.18. The van der Waals surface area contributed by atoms with Gasteiger partial charge in [-0.2, -0.15) is 0 Å². The Hall–Kier alpha value is -1.85. The van der Waals surface area contributed by atoms with Crippen molar-refractivity contribution in [2.45, 2.75) is 82.4 Å². The van der Waals surface area contributed by atoms with E-state index < -0.39 is 91.5 Å². The van der Waals surface area contributed by atoms with Crippen LogP contribution >= 0.6 is 0 Å². The molecule has 0 saturated carbocycles. The molecule has 0 spiro atoms. The van der Waals surface area contributed by atoms with E-state index in [-0.39, 0.29) is 36.0 Å². The molecule has 1 aliphatic heterocycles. The Labute approximate surface area is 223 Å². The van der Waals surface area contributed by atoms with Gasteiger partial charge in [-0.3, -0.25) is 24.0 Å². The van der Waals surface area contributed by atoms with E-state index in [9.17, 15) is 39.3 Å². The molecule has 0 aliphatic carbocycles. The molecule has 0 bridgehead atoms. The second-order valence-corrected chi connectivity index (χ2v) is 7.83. The summed E-state index contributed by atoms with van der Waals surface area (Å²) in [5.41, 5.74) is 5.16. The fourth-order valence-electron chi connectivity index (χ4n) is 3.18. The van der Waals surface area contributed by atoms with E-state index in [1.807, 2.05) is 0 Å². The van der Waals surface area contributed by atoms with Crippen LogP contribution in [0.3, 0.4) is 0 Å². The third-order valence-corrected chi connectivity index (χ3v) is 5.03. The van der Waals surface area contributed by atoms with Gasteiger partial charge in [0.05, 0.1) is 6.61 Å². The molecule has 1 aliphatic rings. The molecule has 16 heteroatoms. The number of hydrogen-bond acceptors (Lipinski definition) is 10. The van der Waals surface area contributed by atoms with E-state index in [0.29, 0.717) is 0 Å².